The standard InChI is InChI=1S/C37H25NO/c1-37(2)31-13-7-5-11-25(31)27-21-34-29(20-32(27)37)28-17-22-9-3-4-10-23(22)18-33(28)38(34)24-15-16-36-30(19-24)26-12-6-8-14-35(26)39-36/h3-21H,1-2H3. The van der Waals surface area contributed by atoms with Gasteiger partial charge in [-0.05, 0) is 81.6 Å². The van der Waals surface area contributed by atoms with Crippen molar-refractivity contribution in [1.82, 2.24) is 4.57 Å². The summed E-state index contributed by atoms with van der Waals surface area (Å²) in [6.07, 6.45) is 0. The molecule has 0 amide bonds. The van der Waals surface area contributed by atoms with Crippen LogP contribution in [0.3, 0.4) is 0 Å². The quantitative estimate of drug-likeness (QED) is 0.220. The Bertz CT molecular complexity index is 2310. The largest absolute Gasteiger partial charge is 0.456 e. The van der Waals surface area contributed by atoms with Gasteiger partial charge in [-0.1, -0.05) is 80.6 Å². The second-order valence-corrected chi connectivity index (χ2v) is 11.4. The van der Waals surface area contributed by atoms with Crippen LogP contribution in [-0.4, -0.2) is 4.57 Å². The summed E-state index contributed by atoms with van der Waals surface area (Å²) in [6.45, 7) is 4.71. The van der Waals surface area contributed by atoms with Gasteiger partial charge in [0.15, 0.2) is 0 Å². The van der Waals surface area contributed by atoms with Crippen LogP contribution in [0.2, 0.25) is 0 Å². The smallest absolute Gasteiger partial charge is 0.135 e. The van der Waals surface area contributed by atoms with Gasteiger partial charge in [0.1, 0.15) is 11.2 Å². The molecule has 1 aliphatic carbocycles. The topological polar surface area (TPSA) is 18.1 Å². The average molecular weight is 500 g/mol. The number of benzene rings is 6. The number of nitrogens with zero attached hydrogens (tertiary/aromatic N) is 1. The van der Waals surface area contributed by atoms with E-state index in [1.54, 1.807) is 0 Å². The number of furan rings is 1. The molecule has 0 aliphatic heterocycles. The maximum Gasteiger partial charge on any atom is 0.135 e. The van der Waals surface area contributed by atoms with E-state index in [9.17, 15) is 0 Å². The Kier molecular flexibility index (Phi) is 3.89. The van der Waals surface area contributed by atoms with Gasteiger partial charge in [0.2, 0.25) is 0 Å². The van der Waals surface area contributed by atoms with E-state index in [-0.39, 0.29) is 5.41 Å². The van der Waals surface area contributed by atoms with Gasteiger partial charge in [0.25, 0.3) is 0 Å². The van der Waals surface area contributed by atoms with E-state index < -0.39 is 0 Å². The van der Waals surface area contributed by atoms with Crippen molar-refractivity contribution in [3.05, 3.63) is 126 Å². The summed E-state index contributed by atoms with van der Waals surface area (Å²) in [5.74, 6) is 0. The monoisotopic (exact) mass is 499 g/mol. The van der Waals surface area contributed by atoms with Crippen LogP contribution >= 0.6 is 0 Å². The molecule has 2 heteroatoms. The van der Waals surface area contributed by atoms with Crippen molar-refractivity contribution < 1.29 is 4.42 Å². The molecule has 2 nitrogen and oxygen atoms in total. The summed E-state index contributed by atoms with van der Waals surface area (Å²) >= 11 is 0. The maximum absolute atomic E-state index is 6.17. The van der Waals surface area contributed by atoms with Gasteiger partial charge < -0.3 is 8.98 Å². The summed E-state index contributed by atoms with van der Waals surface area (Å²) in [7, 11) is 0. The minimum Gasteiger partial charge on any atom is -0.456 e. The first-order valence-corrected chi connectivity index (χ1v) is 13.6. The van der Waals surface area contributed by atoms with Crippen LogP contribution in [0.15, 0.2) is 120 Å². The van der Waals surface area contributed by atoms with Crippen molar-refractivity contribution >= 4 is 54.5 Å². The number of hydrogen-bond acceptors (Lipinski definition) is 1. The van der Waals surface area contributed by atoms with Crippen LogP contribution in [-0.2, 0) is 5.41 Å². The van der Waals surface area contributed by atoms with Crippen molar-refractivity contribution in [1.29, 1.82) is 0 Å². The lowest BCUT2D eigenvalue weighted by atomic mass is 9.82. The van der Waals surface area contributed by atoms with E-state index in [0.717, 1.165) is 27.6 Å². The van der Waals surface area contributed by atoms with Crippen molar-refractivity contribution in [2.24, 2.45) is 0 Å². The first-order chi connectivity index (χ1) is 19.1. The normalized spacial score (nSPS) is 14.1. The average Bonchev–Trinajstić information content (AvgIpc) is 3.56. The van der Waals surface area contributed by atoms with Crippen LogP contribution in [0.4, 0.5) is 0 Å². The SMILES string of the molecule is CC1(C)c2ccccc2-c2cc3c(cc21)c1cc2ccccc2cc1n3-c1ccc2oc3ccccc3c2c1. The Hall–Kier alpha value is -4.82. The van der Waals surface area contributed by atoms with E-state index >= 15 is 0 Å². The van der Waals surface area contributed by atoms with Gasteiger partial charge in [-0.2, -0.15) is 0 Å². The molecule has 2 aromatic heterocycles. The molecule has 1 aliphatic rings. The highest BCUT2D eigenvalue weighted by molar-refractivity contribution is 6.15. The molecule has 0 atom stereocenters. The lowest BCUT2D eigenvalue weighted by Gasteiger charge is -2.21. The minimum atomic E-state index is -0.0417. The molecule has 0 saturated heterocycles. The lowest BCUT2D eigenvalue weighted by molar-refractivity contribution is 0.661. The highest BCUT2D eigenvalue weighted by Crippen LogP contribution is 2.51. The second-order valence-electron chi connectivity index (χ2n) is 11.4. The summed E-state index contributed by atoms with van der Waals surface area (Å²) in [4.78, 5) is 0. The predicted octanol–water partition coefficient (Wildman–Crippen LogP) is 10.1. The molecule has 39 heavy (non-hydrogen) atoms. The van der Waals surface area contributed by atoms with Crippen LogP contribution in [0.5, 0.6) is 0 Å². The summed E-state index contributed by atoms with van der Waals surface area (Å²) < 4.78 is 8.62. The van der Waals surface area contributed by atoms with Gasteiger partial charge in [0, 0.05) is 32.6 Å². The van der Waals surface area contributed by atoms with Crippen molar-refractivity contribution in [3.8, 4) is 16.8 Å². The van der Waals surface area contributed by atoms with Crippen molar-refractivity contribution in [3.63, 3.8) is 0 Å². The molecule has 0 saturated carbocycles. The molecule has 6 aromatic carbocycles. The molecule has 0 radical (unpaired) electrons. The zero-order chi connectivity index (χ0) is 25.9. The molecule has 8 aromatic rings. The molecule has 0 N–H and O–H groups in total. The maximum atomic E-state index is 6.17. The molecule has 2 heterocycles. The van der Waals surface area contributed by atoms with Gasteiger partial charge in [-0.25, -0.2) is 0 Å². The second kappa shape index (κ2) is 7.18. The van der Waals surface area contributed by atoms with Crippen LogP contribution in [0.1, 0.15) is 25.0 Å². The van der Waals surface area contributed by atoms with Gasteiger partial charge >= 0.3 is 0 Å². The van der Waals surface area contributed by atoms with Crippen molar-refractivity contribution in [2.75, 3.05) is 0 Å². The van der Waals surface area contributed by atoms with Gasteiger partial charge in [0.05, 0.1) is 11.0 Å². The Morgan fingerprint density at radius 3 is 2.10 bits per heavy atom. The Labute approximate surface area is 225 Å². The summed E-state index contributed by atoms with van der Waals surface area (Å²) in [5, 5.41) is 7.40. The first kappa shape index (κ1) is 21.2. The highest BCUT2D eigenvalue weighted by atomic mass is 16.3. The fourth-order valence-electron chi connectivity index (χ4n) is 7.03. The van der Waals surface area contributed by atoms with Gasteiger partial charge in [-0.15, -0.1) is 0 Å². The fraction of sp³-hybridized carbons (Fsp3) is 0.0811. The Morgan fingerprint density at radius 2 is 1.21 bits per heavy atom. The molecule has 0 fully saturated rings. The molecular formula is C37H25NO. The zero-order valence-electron chi connectivity index (χ0n) is 21.8. The van der Waals surface area contributed by atoms with Crippen molar-refractivity contribution in [2.45, 2.75) is 19.3 Å². The van der Waals surface area contributed by atoms with Gasteiger partial charge in [-0.3, -0.25) is 0 Å². The summed E-state index contributed by atoms with van der Waals surface area (Å²) in [5.41, 5.74) is 10.9. The van der Waals surface area contributed by atoms with Crippen LogP contribution in [0.25, 0.3) is 71.3 Å². The Morgan fingerprint density at radius 1 is 0.513 bits per heavy atom. The molecule has 0 spiro atoms. The van der Waals surface area contributed by atoms with E-state index in [1.165, 1.54) is 54.8 Å². The van der Waals surface area contributed by atoms with Crippen LogP contribution in [0, 0.1) is 0 Å². The Balaban J connectivity index is 1.44. The third kappa shape index (κ3) is 2.71. The molecular weight excluding hydrogens is 474 g/mol. The highest BCUT2D eigenvalue weighted by Gasteiger charge is 2.36. The molecule has 184 valence electrons. The molecule has 9 rings (SSSR count). The number of hydrogen-bond donors (Lipinski definition) is 0. The first-order valence-electron chi connectivity index (χ1n) is 13.6. The van der Waals surface area contributed by atoms with E-state index in [2.05, 4.69) is 122 Å². The van der Waals surface area contributed by atoms with E-state index in [4.69, 9.17) is 4.42 Å². The third-order valence-electron chi connectivity index (χ3n) is 8.95. The summed E-state index contributed by atoms with van der Waals surface area (Å²) in [6, 6.07) is 42.1. The van der Waals surface area contributed by atoms with E-state index in [0.29, 0.717) is 0 Å². The molecule has 0 unspecified atom stereocenters. The predicted molar refractivity (Wildman–Crippen MR) is 163 cm³/mol. The minimum absolute atomic E-state index is 0.0417. The van der Waals surface area contributed by atoms with Crippen LogP contribution < -0.4 is 0 Å². The number of fused-ring (bicyclic) bond motifs is 10. The van der Waals surface area contributed by atoms with E-state index in [1.807, 2.05) is 12.1 Å². The molecule has 0 bridgehead atoms. The number of para-hydroxylation sites is 1. The lowest BCUT2D eigenvalue weighted by Crippen LogP contribution is -2.14. The number of aromatic nitrogens is 1. The number of rotatable bonds is 1. The zero-order valence-corrected chi connectivity index (χ0v) is 21.8. The fourth-order valence-corrected chi connectivity index (χ4v) is 7.03. The third-order valence-corrected chi connectivity index (χ3v) is 8.95.